The maximum absolute atomic E-state index is 11.7. The van der Waals surface area contributed by atoms with E-state index in [2.05, 4.69) is 46.7 Å². The molecule has 0 radical (unpaired) electrons. The largest absolute Gasteiger partial charge is 0.379 e. The first-order valence-corrected chi connectivity index (χ1v) is 10.9. The molecule has 2 fully saturated rings. The van der Waals surface area contributed by atoms with E-state index in [4.69, 9.17) is 9.73 Å². The first-order chi connectivity index (χ1) is 14.2. The lowest BCUT2D eigenvalue weighted by Crippen LogP contribution is -2.39. The van der Waals surface area contributed by atoms with Crippen molar-refractivity contribution in [2.75, 3.05) is 52.5 Å². The number of aliphatic imine (C=N–C) groups is 1. The second-order valence-electron chi connectivity index (χ2n) is 7.67. The molecule has 0 unspecified atom stereocenters. The highest BCUT2D eigenvalue weighted by Crippen LogP contribution is 2.11. The fraction of sp³-hybridized carbons (Fsp3) is 0.636. The number of halogens is 1. The molecule has 0 aliphatic carbocycles. The van der Waals surface area contributed by atoms with E-state index in [1.54, 1.807) is 0 Å². The highest BCUT2D eigenvalue weighted by Gasteiger charge is 2.18. The molecule has 8 heteroatoms. The molecule has 7 nitrogen and oxygen atoms in total. The van der Waals surface area contributed by atoms with Crippen molar-refractivity contribution in [1.29, 1.82) is 0 Å². The van der Waals surface area contributed by atoms with Crippen molar-refractivity contribution in [2.24, 2.45) is 4.99 Å². The quantitative estimate of drug-likeness (QED) is 0.222. The van der Waals surface area contributed by atoms with Crippen molar-refractivity contribution in [3.05, 3.63) is 35.4 Å². The van der Waals surface area contributed by atoms with Crippen molar-refractivity contribution < 1.29 is 9.53 Å². The van der Waals surface area contributed by atoms with Gasteiger partial charge in [-0.15, -0.1) is 24.0 Å². The molecule has 1 amide bonds. The lowest BCUT2D eigenvalue weighted by Gasteiger charge is -2.26. The van der Waals surface area contributed by atoms with Crippen molar-refractivity contribution in [1.82, 2.24) is 20.4 Å². The highest BCUT2D eigenvalue weighted by molar-refractivity contribution is 14.0. The van der Waals surface area contributed by atoms with Gasteiger partial charge in [-0.1, -0.05) is 24.3 Å². The molecule has 168 valence electrons. The van der Waals surface area contributed by atoms with Crippen molar-refractivity contribution >= 4 is 35.8 Å². The Morgan fingerprint density at radius 2 is 1.97 bits per heavy atom. The molecule has 0 atom stereocenters. The number of guanidine groups is 1. The topological polar surface area (TPSA) is 69.2 Å². The summed E-state index contributed by atoms with van der Waals surface area (Å²) in [6, 6.07) is 8.69. The zero-order valence-electron chi connectivity index (χ0n) is 18.1. The smallest absolute Gasteiger partial charge is 0.222 e. The highest BCUT2D eigenvalue weighted by atomic mass is 127. The van der Waals surface area contributed by atoms with Crippen LogP contribution in [0.15, 0.2) is 29.3 Å². The molecule has 0 saturated carbocycles. The van der Waals surface area contributed by atoms with Crippen LogP contribution in [0, 0.1) is 0 Å². The van der Waals surface area contributed by atoms with Gasteiger partial charge in [0.1, 0.15) is 0 Å². The van der Waals surface area contributed by atoms with Crippen LogP contribution in [-0.4, -0.2) is 74.1 Å². The average molecular weight is 529 g/mol. The number of morpholine rings is 1. The summed E-state index contributed by atoms with van der Waals surface area (Å²) in [5.41, 5.74) is 2.54. The first-order valence-electron chi connectivity index (χ1n) is 10.9. The van der Waals surface area contributed by atoms with E-state index in [0.29, 0.717) is 18.9 Å². The maximum Gasteiger partial charge on any atom is 0.222 e. The zero-order chi connectivity index (χ0) is 20.3. The number of carbonyl (C=O) groups excluding carboxylic acids is 1. The van der Waals surface area contributed by atoms with Crippen LogP contribution in [0.4, 0.5) is 0 Å². The van der Waals surface area contributed by atoms with Gasteiger partial charge >= 0.3 is 0 Å². The van der Waals surface area contributed by atoms with Crippen LogP contribution in [0.2, 0.25) is 0 Å². The SMILES string of the molecule is CCNC(=NCc1cccc(CN2CCOCC2)c1)NCCCN1CCCC1=O.I. The van der Waals surface area contributed by atoms with Gasteiger partial charge in [0, 0.05) is 52.2 Å². The summed E-state index contributed by atoms with van der Waals surface area (Å²) >= 11 is 0. The summed E-state index contributed by atoms with van der Waals surface area (Å²) in [6.07, 6.45) is 2.65. The fourth-order valence-electron chi connectivity index (χ4n) is 3.77. The lowest BCUT2D eigenvalue weighted by molar-refractivity contribution is -0.127. The van der Waals surface area contributed by atoms with E-state index >= 15 is 0 Å². The molecule has 2 heterocycles. The predicted molar refractivity (Wildman–Crippen MR) is 131 cm³/mol. The number of benzene rings is 1. The number of hydrogen-bond acceptors (Lipinski definition) is 4. The number of nitrogens with one attached hydrogen (secondary N) is 2. The zero-order valence-corrected chi connectivity index (χ0v) is 20.4. The minimum absolute atomic E-state index is 0. The minimum atomic E-state index is 0. The molecule has 1 aromatic carbocycles. The Hall–Kier alpha value is -1.39. The van der Waals surface area contributed by atoms with Gasteiger partial charge in [0.05, 0.1) is 19.8 Å². The Morgan fingerprint density at radius 3 is 2.70 bits per heavy atom. The summed E-state index contributed by atoms with van der Waals surface area (Å²) in [6.45, 7) is 10.7. The molecule has 0 aromatic heterocycles. The molecule has 2 aliphatic heterocycles. The average Bonchev–Trinajstić information content (AvgIpc) is 3.15. The van der Waals surface area contributed by atoms with Crippen molar-refractivity contribution in [3.63, 3.8) is 0 Å². The second kappa shape index (κ2) is 13.8. The van der Waals surface area contributed by atoms with E-state index in [9.17, 15) is 4.79 Å². The number of rotatable bonds is 9. The summed E-state index contributed by atoms with van der Waals surface area (Å²) in [7, 11) is 0. The first kappa shape index (κ1) is 24.9. The summed E-state index contributed by atoms with van der Waals surface area (Å²) < 4.78 is 5.43. The predicted octanol–water partition coefficient (Wildman–Crippen LogP) is 2.20. The minimum Gasteiger partial charge on any atom is -0.379 e. The molecule has 0 bridgehead atoms. The van der Waals surface area contributed by atoms with Gasteiger partial charge in [0.15, 0.2) is 5.96 Å². The van der Waals surface area contributed by atoms with Crippen LogP contribution in [0.5, 0.6) is 0 Å². The second-order valence-corrected chi connectivity index (χ2v) is 7.67. The third kappa shape index (κ3) is 8.39. The number of nitrogens with zero attached hydrogens (tertiary/aromatic N) is 3. The number of hydrogen-bond donors (Lipinski definition) is 2. The van der Waals surface area contributed by atoms with Crippen LogP contribution in [-0.2, 0) is 22.6 Å². The molecular weight excluding hydrogens is 493 g/mol. The monoisotopic (exact) mass is 529 g/mol. The Morgan fingerprint density at radius 1 is 1.17 bits per heavy atom. The molecule has 0 spiro atoms. The van der Waals surface area contributed by atoms with Gasteiger partial charge < -0.3 is 20.3 Å². The van der Waals surface area contributed by atoms with Crippen LogP contribution in [0.25, 0.3) is 0 Å². The number of amides is 1. The Kier molecular flexibility index (Phi) is 11.5. The normalized spacial score (nSPS) is 17.7. The van der Waals surface area contributed by atoms with E-state index < -0.39 is 0 Å². The van der Waals surface area contributed by atoms with E-state index in [-0.39, 0.29) is 24.0 Å². The molecule has 2 saturated heterocycles. The number of carbonyl (C=O) groups is 1. The summed E-state index contributed by atoms with van der Waals surface area (Å²) in [4.78, 5) is 20.8. The molecule has 2 N–H and O–H groups in total. The summed E-state index contributed by atoms with van der Waals surface area (Å²) in [5, 5.41) is 6.70. The Labute approximate surface area is 197 Å². The third-order valence-electron chi connectivity index (χ3n) is 5.33. The third-order valence-corrected chi connectivity index (χ3v) is 5.33. The van der Waals surface area contributed by atoms with Gasteiger partial charge in [-0.25, -0.2) is 4.99 Å². The van der Waals surface area contributed by atoms with Crippen LogP contribution in [0.1, 0.15) is 37.3 Å². The van der Waals surface area contributed by atoms with Gasteiger partial charge in [0.2, 0.25) is 5.91 Å². The summed E-state index contributed by atoms with van der Waals surface area (Å²) in [5.74, 6) is 1.13. The van der Waals surface area contributed by atoms with E-state index in [0.717, 1.165) is 77.8 Å². The van der Waals surface area contributed by atoms with Gasteiger partial charge in [-0.3, -0.25) is 9.69 Å². The maximum atomic E-state index is 11.7. The Balaban J connectivity index is 0.00000320. The number of ether oxygens (including phenoxy) is 1. The number of likely N-dealkylation sites (tertiary alicyclic amines) is 1. The van der Waals surface area contributed by atoms with Gasteiger partial charge in [0.25, 0.3) is 0 Å². The lowest BCUT2D eigenvalue weighted by atomic mass is 10.1. The van der Waals surface area contributed by atoms with E-state index in [1.807, 2.05) is 4.90 Å². The van der Waals surface area contributed by atoms with Gasteiger partial charge in [-0.2, -0.15) is 0 Å². The fourth-order valence-corrected chi connectivity index (χ4v) is 3.77. The van der Waals surface area contributed by atoms with Crippen molar-refractivity contribution in [2.45, 2.75) is 39.3 Å². The molecule has 2 aliphatic rings. The van der Waals surface area contributed by atoms with Gasteiger partial charge in [-0.05, 0) is 30.9 Å². The van der Waals surface area contributed by atoms with E-state index in [1.165, 1.54) is 11.1 Å². The molecular formula is C22H36IN5O2. The van der Waals surface area contributed by atoms with Crippen molar-refractivity contribution in [3.8, 4) is 0 Å². The molecule has 1 aromatic rings. The Bertz CT molecular complexity index is 679. The van der Waals surface area contributed by atoms with Crippen LogP contribution in [0.3, 0.4) is 0 Å². The van der Waals surface area contributed by atoms with Crippen LogP contribution < -0.4 is 10.6 Å². The molecule has 3 rings (SSSR count). The molecule has 30 heavy (non-hydrogen) atoms. The van der Waals surface area contributed by atoms with Crippen LogP contribution >= 0.6 is 24.0 Å². The standard InChI is InChI=1S/C22H35N5O2.HI/c1-2-23-22(24-9-5-11-27-10-4-8-21(27)28)25-17-19-6-3-7-20(16-19)18-26-12-14-29-15-13-26;/h3,6-7,16H,2,4-5,8-15,17-18H2,1H3,(H2,23,24,25);1H.